The molecule has 47 heteroatoms. The minimum Gasteiger partial charge on any atom is -0.408 e. The monoisotopic (exact) mass is 1990 g/mol. The Hall–Kier alpha value is -8.97. The fourth-order valence-corrected chi connectivity index (χ4v) is 23.8. The maximum atomic E-state index is 12.8. The first kappa shape index (κ1) is 102. The molecular formula is C92H135N22O22PSi2. The number of fused-ring (bicyclic) bond motifs is 12. The first-order chi connectivity index (χ1) is 65.1. The average Bonchev–Trinajstić information content (AvgIpc) is 1.53. The lowest BCUT2D eigenvalue weighted by molar-refractivity contribution is -0.216. The Labute approximate surface area is 806 Å². The van der Waals surface area contributed by atoms with Crippen LogP contribution in [0.3, 0.4) is 0 Å². The number of anilines is 4. The average molecular weight is 1990 g/mol. The van der Waals surface area contributed by atoms with Gasteiger partial charge in [-0.05, 0) is 115 Å². The smallest absolute Gasteiger partial charge is 0.280 e. The molecule has 8 aromatic rings. The number of ether oxygens (including phenoxy) is 8. The van der Waals surface area contributed by atoms with E-state index in [1.807, 2.05) is 0 Å². The van der Waals surface area contributed by atoms with E-state index in [0.29, 0.717) is 38.3 Å². The fourth-order valence-electron chi connectivity index (χ4n) is 19.4. The van der Waals surface area contributed by atoms with E-state index in [4.69, 9.17) is 61.1 Å². The molecular weight excluding hydrogens is 1850 g/mol. The number of aromatic nitrogens is 16. The van der Waals surface area contributed by atoms with Gasteiger partial charge < -0.3 is 66.0 Å². The van der Waals surface area contributed by atoms with Crippen LogP contribution in [0.15, 0.2) is 44.5 Å². The predicted octanol–water partition coefficient (Wildman–Crippen LogP) is 10.3. The molecule has 8 bridgehead atoms. The highest BCUT2D eigenvalue weighted by molar-refractivity contribution is 7.44. The number of rotatable bonds is 28. The zero-order chi connectivity index (χ0) is 101. The van der Waals surface area contributed by atoms with Crippen LogP contribution >= 0.6 is 8.53 Å². The van der Waals surface area contributed by atoms with Gasteiger partial charge in [-0.15, -0.1) is 0 Å². The van der Waals surface area contributed by atoms with Crippen molar-refractivity contribution in [1.82, 2.24) is 82.7 Å². The third-order valence-electron chi connectivity index (χ3n) is 31.3. The normalized spacial score (nSPS) is 29.7. The van der Waals surface area contributed by atoms with Gasteiger partial charge in [0.2, 0.25) is 47.4 Å². The van der Waals surface area contributed by atoms with E-state index in [2.05, 4.69) is 208 Å². The second-order valence-electron chi connectivity index (χ2n) is 45.1. The van der Waals surface area contributed by atoms with Gasteiger partial charge in [-0.1, -0.05) is 118 Å². The van der Waals surface area contributed by atoms with Crippen molar-refractivity contribution >= 4 is 117 Å². The Morgan fingerprint density at radius 2 is 0.755 bits per heavy atom. The molecule has 0 spiro atoms. The molecule has 12 aliphatic rings. The summed E-state index contributed by atoms with van der Waals surface area (Å²) < 4.78 is 87.4. The Morgan fingerprint density at radius 3 is 1.06 bits per heavy atom. The zero-order valence-electron chi connectivity index (χ0n) is 83.9. The number of H-pyrrole nitrogens is 4. The van der Waals surface area contributed by atoms with E-state index in [1.165, 1.54) is 19.0 Å². The van der Waals surface area contributed by atoms with Crippen molar-refractivity contribution < 1.29 is 85.2 Å². The van der Waals surface area contributed by atoms with Crippen LogP contribution in [-0.4, -0.2) is 255 Å². The lowest BCUT2D eigenvalue weighted by atomic mass is 9.83. The van der Waals surface area contributed by atoms with E-state index in [1.54, 1.807) is 80.0 Å². The summed E-state index contributed by atoms with van der Waals surface area (Å²) in [5.74, 6) is -1.90. The molecule has 758 valence electrons. The number of aliphatic hydroxyl groups is 2. The molecule has 44 nitrogen and oxygen atoms in total. The molecule has 8 aliphatic heterocycles. The number of nitrogens with zero attached hydrogens (tertiary/aromatic N) is 14. The highest BCUT2D eigenvalue weighted by Crippen LogP contribution is 2.70. The van der Waals surface area contributed by atoms with Crippen LogP contribution in [0.25, 0.3) is 44.7 Å². The third-order valence-corrected chi connectivity index (χ3v) is 42.3. The van der Waals surface area contributed by atoms with Crippen molar-refractivity contribution in [2.24, 2.45) is 39.9 Å². The molecule has 12 fully saturated rings. The summed E-state index contributed by atoms with van der Waals surface area (Å²) in [5, 5.41) is 41.9. The van der Waals surface area contributed by atoms with Crippen molar-refractivity contribution in [3.8, 4) is 6.07 Å². The number of hydrogen-bond acceptors (Lipinski definition) is 32. The lowest BCUT2D eigenvalue weighted by Gasteiger charge is -2.43. The summed E-state index contributed by atoms with van der Waals surface area (Å²) in [7, 11) is -5.92. The van der Waals surface area contributed by atoms with Crippen molar-refractivity contribution in [2.45, 2.75) is 353 Å². The Bertz CT molecular complexity index is 6170. The number of carbonyl (C=O) groups excluding carboxylic acids is 4. The summed E-state index contributed by atoms with van der Waals surface area (Å²) in [6, 6.07) is 2.42. The fraction of sp³-hybridized carbons (Fsp3) is 0.728. The van der Waals surface area contributed by atoms with Gasteiger partial charge in [0.1, 0.15) is 65.6 Å². The van der Waals surface area contributed by atoms with Gasteiger partial charge in [0.15, 0.2) is 91.8 Å². The topological polar surface area (TPSA) is 549 Å². The second-order valence-corrected chi connectivity index (χ2v) is 56.0. The van der Waals surface area contributed by atoms with Crippen LogP contribution in [-0.2, 0) is 75.0 Å². The Morgan fingerprint density at radius 1 is 0.475 bits per heavy atom. The number of carbonyl (C=O) groups is 4. The highest BCUT2D eigenvalue weighted by Gasteiger charge is 2.78. The molecule has 20 rings (SSSR count). The molecule has 8 aromatic heterocycles. The van der Waals surface area contributed by atoms with Gasteiger partial charge in [-0.25, -0.2) is 24.6 Å². The first-order valence-corrected chi connectivity index (χ1v) is 55.3. The zero-order valence-corrected chi connectivity index (χ0v) is 86.8. The second kappa shape index (κ2) is 36.1. The van der Waals surface area contributed by atoms with Gasteiger partial charge in [0.05, 0.1) is 76.4 Å². The molecule has 10 N–H and O–H groups in total. The van der Waals surface area contributed by atoms with Crippen LogP contribution in [0.1, 0.15) is 228 Å². The van der Waals surface area contributed by atoms with Crippen molar-refractivity contribution in [2.75, 3.05) is 54.3 Å². The van der Waals surface area contributed by atoms with E-state index >= 15 is 0 Å². The third kappa shape index (κ3) is 17.6. The quantitative estimate of drug-likeness (QED) is 0.0124. The first-order valence-electron chi connectivity index (χ1n) is 48.4. The summed E-state index contributed by atoms with van der Waals surface area (Å²) in [5.41, 5.74) is -4.48. The minimum absolute atomic E-state index is 0.0266. The molecule has 139 heavy (non-hydrogen) atoms. The number of nitrogens with one attached hydrogen (secondary N) is 8. The Balaban J connectivity index is 0.000000129. The number of nitriles is 1. The summed E-state index contributed by atoms with van der Waals surface area (Å²) in [4.78, 5) is 145. The van der Waals surface area contributed by atoms with Gasteiger partial charge in [-0.3, -0.25) is 97.8 Å². The van der Waals surface area contributed by atoms with Crippen LogP contribution in [0.5, 0.6) is 0 Å². The van der Waals surface area contributed by atoms with Gasteiger partial charge >= 0.3 is 0 Å². The summed E-state index contributed by atoms with van der Waals surface area (Å²) in [6.07, 6.45) is 7.11. The number of imidazole rings is 4. The Kier molecular flexibility index (Phi) is 26.4. The van der Waals surface area contributed by atoms with Gasteiger partial charge in [-0.2, -0.15) is 25.2 Å². The molecule has 8 saturated heterocycles. The van der Waals surface area contributed by atoms with Crippen LogP contribution < -0.4 is 43.5 Å². The lowest BCUT2D eigenvalue weighted by Crippen LogP contribution is -2.57. The molecule has 5 unspecified atom stereocenters. The largest absolute Gasteiger partial charge is 0.408 e. The van der Waals surface area contributed by atoms with Gasteiger partial charge in [0.25, 0.3) is 30.8 Å². The maximum Gasteiger partial charge on any atom is 0.280 e. The number of hydrogen-bond donors (Lipinski definition) is 10. The molecule has 4 amide bonds. The standard InChI is InChI=1S/C27H40N7O6P.C24H37N5O5Si.C23H35N5O6Si.C18H23N5O5/c1-15(2)22(35)31-25-30-21-18(23(36)32-25)29-14-33(21)24-19-20(27(39-24,13-37-19)26(7)9-10-26)40-41(38-12-8-11-28)34(16(3)4)17(5)6;1-13(2)18(30)27-21-26-17-14(19(31)28-21)25-12-29(17)20-15-16(34-35(7,8)22(3,4)5)24(33-20,11-32-15)23(6)9-10-23;1-12(2)17(29)26-20-25-16-13(18(30)27-20)24-11-28(16)19-14-15(34-35(6,7)21(3,4)5)23(33-19,10-32-14)22(31)8-9-22;1-8(2)13(25)21-16-20-12-9(14(26)22-16)19-7-23(12)15-10-11(24)18(28-15,6-27-10)17(3)4-5-17/h14-17,19-20,24H,8-10,12-13H2,1-7H3,(H2,30,31,32,35,36);12-13,15-16,20H,9-11H2,1-8H3,(H2,26,27,28,30,31);11-12,14-15,19,31H,8-10H2,1-7H3,(H2,25,26,27,29,30);7-8,10-11,15,24H,4-6H2,1-3H3,(H2,20,21,22,25,26)/t19-,20?,24+,27-,41?;15-,16?,20+,24-;14-,15?,19+,23-;10-,11?,15+,18-/m0000/s1. The van der Waals surface area contributed by atoms with E-state index in [9.17, 15) is 48.6 Å². The predicted molar refractivity (Wildman–Crippen MR) is 513 cm³/mol. The highest BCUT2D eigenvalue weighted by atomic mass is 31.2. The number of aliphatic hydroxyl groups excluding tert-OH is 1. The minimum atomic E-state index is -2.24. The number of amides is 4. The van der Waals surface area contributed by atoms with E-state index in [0.717, 1.165) is 38.5 Å². The SMILES string of the molecule is CC(C)C(=O)Nc1nc2c(ncn2[C@@H]2O[C@@]3(C4(C)CC4)CO[C@H]2C3O)c(=O)[nH]1.CC(C)C(=O)Nc1nc2c(ncn2[C@@H]2O[C@@]3(C4(C)CC4)CO[C@H]2C3OP(OCCC#N)N(C(C)C)C(C)C)c(=O)[nH]1.CC(C)C(=O)Nc1nc2c(ncn2[C@@H]2O[C@@]3(C4(C)CC4)CO[C@H]2C3O[Si](C)(C)C(C)(C)C)c(=O)[nH]1.CC(C)C(=O)Nc1nc2c(ncn2[C@@H]2O[C@@]3(C4(O)CC4)CO[C@H]2C3O[Si](C)(C)C(C)(C)C)c(=O)[nH]1. The molecule has 16 heterocycles. The van der Waals surface area contributed by atoms with Crippen LogP contribution in [0, 0.1) is 51.2 Å². The molecule has 4 saturated carbocycles. The van der Waals surface area contributed by atoms with E-state index in [-0.39, 0.29) is 180 Å². The number of aromatic amines is 4. The molecule has 17 atom stereocenters. The molecule has 4 aliphatic carbocycles. The van der Waals surface area contributed by atoms with Gasteiger partial charge in [0, 0.05) is 52.0 Å². The van der Waals surface area contributed by atoms with Crippen LogP contribution in [0.2, 0.25) is 36.3 Å². The van der Waals surface area contributed by atoms with Crippen molar-refractivity contribution in [3.63, 3.8) is 0 Å². The van der Waals surface area contributed by atoms with Crippen molar-refractivity contribution in [3.05, 3.63) is 66.7 Å². The molecule has 0 radical (unpaired) electrons. The summed E-state index contributed by atoms with van der Waals surface area (Å²) >= 11 is 0. The molecule has 0 aromatic carbocycles. The summed E-state index contributed by atoms with van der Waals surface area (Å²) in [6.45, 7) is 52.7. The van der Waals surface area contributed by atoms with Crippen LogP contribution in [0.4, 0.5) is 23.8 Å². The van der Waals surface area contributed by atoms with E-state index < -0.39 is 137 Å². The maximum absolute atomic E-state index is 12.8. The van der Waals surface area contributed by atoms with Crippen molar-refractivity contribution in [1.29, 1.82) is 5.26 Å².